The van der Waals surface area contributed by atoms with E-state index in [0.717, 1.165) is 11.8 Å². The van der Waals surface area contributed by atoms with E-state index in [4.69, 9.17) is 9.84 Å². The summed E-state index contributed by atoms with van der Waals surface area (Å²) >= 11 is 0. The minimum Gasteiger partial charge on any atom is -0.481 e. The minimum atomic E-state index is -3.98. The number of carbonyl (C=O) groups is 3. The summed E-state index contributed by atoms with van der Waals surface area (Å²) in [6.07, 6.45) is -0.166. The number of aliphatic carboxylic acids is 1. The average molecular weight is 458 g/mol. The number of carbonyl (C=O) groups excluding carboxylic acids is 2. The van der Waals surface area contributed by atoms with Crippen LogP contribution in [0.3, 0.4) is 0 Å². The number of amides is 1. The molecule has 32 heavy (non-hydrogen) atoms. The maximum absolute atomic E-state index is 12.5. The van der Waals surface area contributed by atoms with Gasteiger partial charge in [0.1, 0.15) is 12.4 Å². The molecule has 168 valence electrons. The minimum absolute atomic E-state index is 0.000366. The fourth-order valence-corrected chi connectivity index (χ4v) is 3.63. The number of aromatic nitrogens is 1. The lowest BCUT2D eigenvalue weighted by Crippen LogP contribution is -2.23. The summed E-state index contributed by atoms with van der Waals surface area (Å²) in [4.78, 5) is 35.9. The van der Waals surface area contributed by atoms with Gasteiger partial charge in [0.25, 0.3) is 5.12 Å². The van der Waals surface area contributed by atoms with Crippen molar-refractivity contribution in [2.24, 2.45) is 0 Å². The average Bonchev–Trinajstić information content (AvgIpc) is 3.03. The first-order valence-corrected chi connectivity index (χ1v) is 11.6. The molecule has 10 heteroatoms. The first-order chi connectivity index (χ1) is 15.2. The fraction of sp³-hybridized carbons (Fsp3) is 0.227. The molecular formula is C22H22N2O7S. The van der Waals surface area contributed by atoms with E-state index in [1.54, 1.807) is 48.5 Å². The third-order valence-corrected chi connectivity index (χ3v) is 5.75. The van der Waals surface area contributed by atoms with Crippen LogP contribution in [0.2, 0.25) is 0 Å². The van der Waals surface area contributed by atoms with Crippen LogP contribution in [0.1, 0.15) is 17.5 Å². The van der Waals surface area contributed by atoms with Crippen molar-refractivity contribution < 1.29 is 32.6 Å². The molecule has 0 aliphatic carbocycles. The molecule has 9 nitrogen and oxygen atoms in total. The third-order valence-electron chi connectivity index (χ3n) is 4.80. The van der Waals surface area contributed by atoms with Crippen LogP contribution in [0.15, 0.2) is 54.6 Å². The van der Waals surface area contributed by atoms with Gasteiger partial charge in [-0.1, -0.05) is 48.5 Å². The highest BCUT2D eigenvalue weighted by Crippen LogP contribution is 2.32. The highest BCUT2D eigenvalue weighted by molar-refractivity contribution is 8.05. The number of aryl methyl sites for hydroxylation is 1. The van der Waals surface area contributed by atoms with Crippen LogP contribution in [0.5, 0.6) is 0 Å². The number of carboxylic acid groups (broad SMARTS) is 1. The van der Waals surface area contributed by atoms with Crippen molar-refractivity contribution in [2.45, 2.75) is 26.0 Å². The number of anilines is 1. The van der Waals surface area contributed by atoms with Crippen molar-refractivity contribution in [2.75, 3.05) is 11.6 Å². The molecule has 0 aliphatic rings. The van der Waals surface area contributed by atoms with Gasteiger partial charge in [-0.15, -0.1) is 0 Å². The molecule has 0 aliphatic heterocycles. The number of para-hydroxylation sites is 1. The predicted molar refractivity (Wildman–Crippen MR) is 118 cm³/mol. The largest absolute Gasteiger partial charge is 0.481 e. The van der Waals surface area contributed by atoms with Crippen LogP contribution < -0.4 is 5.32 Å². The molecular weight excluding hydrogens is 436 g/mol. The fourth-order valence-electron chi connectivity index (χ4n) is 3.27. The number of benzene rings is 2. The number of hydrogen-bond acceptors (Lipinski definition) is 6. The summed E-state index contributed by atoms with van der Waals surface area (Å²) in [5.74, 6) is -0.908. The molecule has 2 N–H and O–H groups in total. The lowest BCUT2D eigenvalue weighted by atomic mass is 10.1. The van der Waals surface area contributed by atoms with Crippen molar-refractivity contribution in [3.63, 3.8) is 0 Å². The zero-order chi connectivity index (χ0) is 23.3. The Morgan fingerprint density at radius 3 is 2.34 bits per heavy atom. The Hall–Kier alpha value is -3.66. The molecule has 0 spiro atoms. The highest BCUT2D eigenvalue weighted by Gasteiger charge is 2.24. The second-order valence-electron chi connectivity index (χ2n) is 7.16. The van der Waals surface area contributed by atoms with Gasteiger partial charge in [-0.05, 0) is 18.1 Å². The van der Waals surface area contributed by atoms with E-state index < -0.39 is 33.6 Å². The van der Waals surface area contributed by atoms with Gasteiger partial charge in [0.15, 0.2) is 0 Å². The van der Waals surface area contributed by atoms with Gasteiger partial charge in [0.05, 0.1) is 12.1 Å². The Labute approximate surface area is 184 Å². The summed E-state index contributed by atoms with van der Waals surface area (Å²) in [5, 5.41) is 11.3. The summed E-state index contributed by atoms with van der Waals surface area (Å²) in [6.45, 7) is -0.541. The van der Waals surface area contributed by atoms with Gasteiger partial charge in [-0.2, -0.15) is 0 Å². The summed E-state index contributed by atoms with van der Waals surface area (Å²) in [5.41, 5.74) is 1.73. The molecule has 0 radical (unpaired) electrons. The van der Waals surface area contributed by atoms with Gasteiger partial charge in [-0.3, -0.25) is 14.9 Å². The number of carboxylic acids is 1. The molecule has 1 heterocycles. The number of nitrogens with zero attached hydrogens (tertiary/aromatic N) is 1. The SMILES string of the molecule is CS(=O)(=O)C(=O)Cn1c(NC(=O)OCc2ccccc2)c(CCC(=O)O)c2ccccc21. The van der Waals surface area contributed by atoms with Crippen molar-refractivity contribution in [1.29, 1.82) is 0 Å². The zero-order valence-corrected chi connectivity index (χ0v) is 18.1. The van der Waals surface area contributed by atoms with E-state index in [1.165, 1.54) is 4.57 Å². The standard InChI is InChI=1S/C22H22N2O7S/c1-32(29,30)20(27)13-24-18-10-6-5-9-16(18)17(11-12-19(25)26)21(24)23-22(28)31-14-15-7-3-2-4-8-15/h2-10H,11-14H2,1H3,(H,23,28)(H,25,26). The van der Waals surface area contributed by atoms with Crippen LogP contribution in [0.4, 0.5) is 10.6 Å². The molecule has 2 aromatic carbocycles. The predicted octanol–water partition coefficient (Wildman–Crippen LogP) is 2.98. The van der Waals surface area contributed by atoms with E-state index in [2.05, 4.69) is 5.32 Å². The Balaban J connectivity index is 1.99. The molecule has 0 saturated carbocycles. The van der Waals surface area contributed by atoms with Crippen molar-refractivity contribution >= 4 is 43.7 Å². The monoisotopic (exact) mass is 458 g/mol. The second-order valence-corrected chi connectivity index (χ2v) is 9.15. The molecule has 1 amide bonds. The van der Waals surface area contributed by atoms with E-state index in [1.807, 2.05) is 6.07 Å². The maximum Gasteiger partial charge on any atom is 0.413 e. The molecule has 0 fully saturated rings. The number of fused-ring (bicyclic) bond motifs is 1. The molecule has 0 atom stereocenters. The Kier molecular flexibility index (Phi) is 6.94. The Morgan fingerprint density at radius 1 is 1.03 bits per heavy atom. The number of rotatable bonds is 8. The lowest BCUT2D eigenvalue weighted by molar-refractivity contribution is -0.137. The normalized spacial score (nSPS) is 11.3. The van der Waals surface area contributed by atoms with Gasteiger partial charge >= 0.3 is 12.1 Å². The summed E-state index contributed by atoms with van der Waals surface area (Å²) < 4.78 is 30.1. The Bertz CT molecular complexity index is 1260. The van der Waals surface area contributed by atoms with Crippen LogP contribution in [0.25, 0.3) is 10.9 Å². The van der Waals surface area contributed by atoms with Crippen molar-refractivity contribution in [3.05, 3.63) is 65.7 Å². The number of ether oxygens (including phenoxy) is 1. The van der Waals surface area contributed by atoms with Crippen molar-refractivity contribution in [1.82, 2.24) is 4.57 Å². The van der Waals surface area contributed by atoms with E-state index >= 15 is 0 Å². The van der Waals surface area contributed by atoms with Crippen LogP contribution in [0, 0.1) is 0 Å². The molecule has 0 saturated heterocycles. The second kappa shape index (κ2) is 9.65. The molecule has 1 aromatic heterocycles. The summed E-state index contributed by atoms with van der Waals surface area (Å²) in [6, 6.07) is 15.8. The lowest BCUT2D eigenvalue weighted by Gasteiger charge is -2.13. The van der Waals surface area contributed by atoms with E-state index in [9.17, 15) is 22.8 Å². The molecule has 0 bridgehead atoms. The van der Waals surface area contributed by atoms with E-state index in [0.29, 0.717) is 16.5 Å². The third kappa shape index (κ3) is 5.52. The number of nitrogens with one attached hydrogen (secondary N) is 1. The maximum atomic E-state index is 12.5. The van der Waals surface area contributed by atoms with Gasteiger partial charge < -0.3 is 14.4 Å². The van der Waals surface area contributed by atoms with Crippen LogP contribution in [-0.2, 0) is 43.7 Å². The molecule has 0 unspecified atom stereocenters. The topological polar surface area (TPSA) is 132 Å². The highest BCUT2D eigenvalue weighted by atomic mass is 32.2. The summed E-state index contributed by atoms with van der Waals surface area (Å²) in [7, 11) is -3.98. The van der Waals surface area contributed by atoms with Crippen LogP contribution >= 0.6 is 0 Å². The van der Waals surface area contributed by atoms with Gasteiger partial charge in [0.2, 0.25) is 9.84 Å². The molecule has 3 aromatic rings. The number of hydrogen-bond donors (Lipinski definition) is 2. The van der Waals surface area contributed by atoms with E-state index in [-0.39, 0.29) is 25.3 Å². The molecule has 3 rings (SSSR count). The van der Waals surface area contributed by atoms with Crippen molar-refractivity contribution in [3.8, 4) is 0 Å². The van der Waals surface area contributed by atoms with Gasteiger partial charge in [-0.25, -0.2) is 13.2 Å². The quantitative estimate of drug-likeness (QED) is 0.530. The van der Waals surface area contributed by atoms with Gasteiger partial charge in [0, 0.05) is 23.6 Å². The van der Waals surface area contributed by atoms with Crippen LogP contribution in [-0.4, -0.2) is 41.5 Å². The Morgan fingerprint density at radius 2 is 1.69 bits per heavy atom. The first-order valence-electron chi connectivity index (χ1n) is 9.69. The first kappa shape index (κ1) is 23.0. The smallest absolute Gasteiger partial charge is 0.413 e. The number of sulfone groups is 1. The zero-order valence-electron chi connectivity index (χ0n) is 17.3.